The highest BCUT2D eigenvalue weighted by molar-refractivity contribution is 5.94. The number of rotatable bonds is 4. The van der Waals surface area contributed by atoms with Crippen LogP contribution in [0.2, 0.25) is 0 Å². The molecule has 0 unspecified atom stereocenters. The van der Waals surface area contributed by atoms with Crippen molar-refractivity contribution in [2.45, 2.75) is 51.9 Å². The number of amides is 1. The van der Waals surface area contributed by atoms with Crippen molar-refractivity contribution in [1.82, 2.24) is 4.98 Å². The monoisotopic (exact) mass is 312 g/mol. The number of aryl methyl sites for hydroxylation is 1. The number of aromatic nitrogens is 1. The number of hydrogen-bond acceptors (Lipinski definition) is 2. The highest BCUT2D eigenvalue weighted by atomic mass is 16.1. The Morgan fingerprint density at radius 1 is 1.22 bits per heavy atom. The molecule has 0 atom stereocenters. The predicted octanol–water partition coefficient (Wildman–Crippen LogP) is 4.14. The second kappa shape index (κ2) is 6.99. The summed E-state index contributed by atoms with van der Waals surface area (Å²) in [4.78, 5) is 26.5. The van der Waals surface area contributed by atoms with Crippen LogP contribution in [0.1, 0.15) is 50.5 Å². The molecule has 0 spiro atoms. The Bertz CT molecular complexity index is 758. The van der Waals surface area contributed by atoms with Gasteiger partial charge in [0.2, 0.25) is 11.5 Å². The Labute approximate surface area is 136 Å². The van der Waals surface area contributed by atoms with Crippen LogP contribution in [-0.4, -0.2) is 10.9 Å². The normalized spacial score (nSPS) is 15.7. The van der Waals surface area contributed by atoms with E-state index in [9.17, 15) is 9.59 Å². The van der Waals surface area contributed by atoms with E-state index in [0.717, 1.165) is 28.6 Å². The standard InChI is InChI=1S/C19H24N2O2/c1-13-11-19(23)21-17-12-15(8-9-16(13)17)20-18(22)10-7-14-5-3-2-4-6-14/h8-9,11-12,14H,2-7,10H2,1H3,(H,20,22)(H,21,23). The average molecular weight is 312 g/mol. The number of aromatic amines is 1. The lowest BCUT2D eigenvalue weighted by molar-refractivity contribution is -0.116. The molecule has 3 rings (SSSR count). The largest absolute Gasteiger partial charge is 0.326 e. The molecule has 4 nitrogen and oxygen atoms in total. The van der Waals surface area contributed by atoms with Crippen LogP contribution in [0.4, 0.5) is 5.69 Å². The molecule has 0 aliphatic heterocycles. The van der Waals surface area contributed by atoms with E-state index in [4.69, 9.17) is 0 Å². The van der Waals surface area contributed by atoms with Gasteiger partial charge in [-0.05, 0) is 37.0 Å². The molecule has 122 valence electrons. The Morgan fingerprint density at radius 3 is 2.78 bits per heavy atom. The van der Waals surface area contributed by atoms with E-state index in [1.54, 1.807) is 6.07 Å². The fourth-order valence-electron chi connectivity index (χ4n) is 3.55. The van der Waals surface area contributed by atoms with E-state index in [1.165, 1.54) is 32.1 Å². The van der Waals surface area contributed by atoms with Gasteiger partial charge in [-0.1, -0.05) is 38.2 Å². The number of H-pyrrole nitrogens is 1. The van der Waals surface area contributed by atoms with Crippen molar-refractivity contribution >= 4 is 22.5 Å². The van der Waals surface area contributed by atoms with Crippen LogP contribution in [0.3, 0.4) is 0 Å². The van der Waals surface area contributed by atoms with Gasteiger partial charge >= 0.3 is 0 Å². The third-order valence-corrected chi connectivity index (χ3v) is 4.84. The molecule has 4 heteroatoms. The van der Waals surface area contributed by atoms with Crippen molar-refractivity contribution in [1.29, 1.82) is 0 Å². The molecule has 1 aromatic carbocycles. The van der Waals surface area contributed by atoms with Gasteiger partial charge in [-0.25, -0.2) is 0 Å². The first-order valence-electron chi connectivity index (χ1n) is 8.55. The summed E-state index contributed by atoms with van der Waals surface area (Å²) in [5.41, 5.74) is 2.34. The summed E-state index contributed by atoms with van der Waals surface area (Å²) in [6.45, 7) is 1.92. The highest BCUT2D eigenvalue weighted by Crippen LogP contribution is 2.27. The van der Waals surface area contributed by atoms with Gasteiger partial charge in [-0.2, -0.15) is 0 Å². The van der Waals surface area contributed by atoms with Crippen LogP contribution in [0, 0.1) is 12.8 Å². The zero-order chi connectivity index (χ0) is 16.2. The number of pyridine rings is 1. The number of nitrogens with one attached hydrogen (secondary N) is 2. The molecule has 1 amide bonds. The number of anilines is 1. The number of benzene rings is 1. The van der Waals surface area contributed by atoms with Crippen LogP contribution in [-0.2, 0) is 4.79 Å². The molecule has 1 aliphatic carbocycles. The Balaban J connectivity index is 1.64. The van der Waals surface area contributed by atoms with Crippen molar-refractivity contribution in [3.05, 3.63) is 40.2 Å². The summed E-state index contributed by atoms with van der Waals surface area (Å²) in [5, 5.41) is 3.96. The Morgan fingerprint density at radius 2 is 2.00 bits per heavy atom. The molecule has 1 heterocycles. The second-order valence-corrected chi connectivity index (χ2v) is 6.67. The molecule has 0 radical (unpaired) electrons. The zero-order valence-electron chi connectivity index (χ0n) is 13.7. The first-order valence-corrected chi connectivity index (χ1v) is 8.55. The minimum Gasteiger partial charge on any atom is -0.326 e. The third-order valence-electron chi connectivity index (χ3n) is 4.84. The fourth-order valence-corrected chi connectivity index (χ4v) is 3.55. The highest BCUT2D eigenvalue weighted by Gasteiger charge is 2.15. The summed E-state index contributed by atoms with van der Waals surface area (Å²) in [5.74, 6) is 0.773. The number of carbonyl (C=O) groups excluding carboxylic acids is 1. The van der Waals surface area contributed by atoms with E-state index in [0.29, 0.717) is 12.3 Å². The van der Waals surface area contributed by atoms with E-state index in [2.05, 4.69) is 10.3 Å². The maximum absolute atomic E-state index is 12.1. The smallest absolute Gasteiger partial charge is 0.248 e. The molecule has 1 saturated carbocycles. The van der Waals surface area contributed by atoms with Crippen molar-refractivity contribution in [2.24, 2.45) is 5.92 Å². The van der Waals surface area contributed by atoms with Gasteiger partial charge in [0.05, 0.1) is 5.52 Å². The SMILES string of the molecule is Cc1cc(=O)[nH]c2cc(NC(=O)CCC3CCCCC3)ccc12. The number of fused-ring (bicyclic) bond motifs is 1. The van der Waals surface area contributed by atoms with Gasteiger partial charge in [0, 0.05) is 23.6 Å². The summed E-state index contributed by atoms with van der Waals surface area (Å²) in [6, 6.07) is 7.26. The minimum atomic E-state index is -0.115. The molecule has 1 aliphatic rings. The van der Waals surface area contributed by atoms with Crippen LogP contribution >= 0.6 is 0 Å². The Kier molecular flexibility index (Phi) is 4.79. The zero-order valence-corrected chi connectivity index (χ0v) is 13.7. The second-order valence-electron chi connectivity index (χ2n) is 6.67. The molecule has 1 fully saturated rings. The number of carbonyl (C=O) groups is 1. The Hall–Kier alpha value is -2.10. The van der Waals surface area contributed by atoms with Crippen LogP contribution in [0.15, 0.2) is 29.1 Å². The maximum atomic E-state index is 12.1. The predicted molar refractivity (Wildman–Crippen MR) is 93.7 cm³/mol. The lowest BCUT2D eigenvalue weighted by atomic mass is 9.86. The summed E-state index contributed by atoms with van der Waals surface area (Å²) >= 11 is 0. The summed E-state index contributed by atoms with van der Waals surface area (Å²) in [6.07, 6.45) is 8.06. The molecule has 0 bridgehead atoms. The molecule has 1 aromatic heterocycles. The topological polar surface area (TPSA) is 62.0 Å². The molecule has 0 saturated heterocycles. The van der Waals surface area contributed by atoms with Gasteiger partial charge in [0.1, 0.15) is 0 Å². The maximum Gasteiger partial charge on any atom is 0.248 e. The lowest BCUT2D eigenvalue weighted by Gasteiger charge is -2.21. The van der Waals surface area contributed by atoms with Crippen molar-refractivity contribution < 1.29 is 4.79 Å². The van der Waals surface area contributed by atoms with Gasteiger partial charge < -0.3 is 10.3 Å². The minimum absolute atomic E-state index is 0.0601. The van der Waals surface area contributed by atoms with E-state index < -0.39 is 0 Å². The first kappa shape index (κ1) is 15.8. The first-order chi connectivity index (χ1) is 11.1. The number of hydrogen-bond donors (Lipinski definition) is 2. The van der Waals surface area contributed by atoms with E-state index >= 15 is 0 Å². The average Bonchev–Trinajstić information content (AvgIpc) is 2.53. The van der Waals surface area contributed by atoms with Crippen molar-refractivity contribution in [2.75, 3.05) is 5.32 Å². The third kappa shape index (κ3) is 4.01. The molecule has 2 N–H and O–H groups in total. The van der Waals surface area contributed by atoms with Crippen molar-refractivity contribution in [3.63, 3.8) is 0 Å². The van der Waals surface area contributed by atoms with E-state index in [1.807, 2.05) is 25.1 Å². The van der Waals surface area contributed by atoms with Crippen LogP contribution in [0.25, 0.3) is 10.9 Å². The van der Waals surface area contributed by atoms with Gasteiger partial charge in [-0.15, -0.1) is 0 Å². The summed E-state index contributed by atoms with van der Waals surface area (Å²) in [7, 11) is 0. The molecule has 23 heavy (non-hydrogen) atoms. The van der Waals surface area contributed by atoms with E-state index in [-0.39, 0.29) is 11.5 Å². The summed E-state index contributed by atoms with van der Waals surface area (Å²) < 4.78 is 0. The lowest BCUT2D eigenvalue weighted by Crippen LogP contribution is -2.15. The fraction of sp³-hybridized carbons (Fsp3) is 0.474. The van der Waals surface area contributed by atoms with Crippen LogP contribution < -0.4 is 10.9 Å². The van der Waals surface area contributed by atoms with Gasteiger partial charge in [-0.3, -0.25) is 9.59 Å². The molecular weight excluding hydrogens is 288 g/mol. The van der Waals surface area contributed by atoms with Crippen molar-refractivity contribution in [3.8, 4) is 0 Å². The van der Waals surface area contributed by atoms with Crippen LogP contribution in [0.5, 0.6) is 0 Å². The molecular formula is C19H24N2O2. The van der Waals surface area contributed by atoms with Gasteiger partial charge in [0.25, 0.3) is 0 Å². The quantitative estimate of drug-likeness (QED) is 0.891. The van der Waals surface area contributed by atoms with Gasteiger partial charge in [0.15, 0.2) is 0 Å². The molecule has 2 aromatic rings.